The number of piperidine rings is 1. The molecule has 1 saturated heterocycles. The molecule has 0 aromatic heterocycles. The van der Waals surface area contributed by atoms with Crippen LogP contribution in [0.25, 0.3) is 0 Å². The lowest BCUT2D eigenvalue weighted by Gasteiger charge is -2.37. The van der Waals surface area contributed by atoms with E-state index in [0.717, 1.165) is 50.0 Å². The molecule has 1 amide bonds. The van der Waals surface area contributed by atoms with Gasteiger partial charge in [-0.1, -0.05) is 12.1 Å². The van der Waals surface area contributed by atoms with Gasteiger partial charge in [0.1, 0.15) is 0 Å². The Balaban J connectivity index is 1.73. The fraction of sp³-hybridized carbons (Fsp3) is 0.588. The molecular formula is C17H25N3O. The maximum Gasteiger partial charge on any atom is 0.233 e. The summed E-state index contributed by atoms with van der Waals surface area (Å²) in [5, 5.41) is 0. The highest BCUT2D eigenvalue weighted by Gasteiger charge is 2.53. The Morgan fingerprint density at radius 2 is 1.81 bits per heavy atom. The van der Waals surface area contributed by atoms with Crippen LogP contribution in [0.1, 0.15) is 31.2 Å². The standard InChI is InChI=1S/C17H25N3O/c1-19-11-7-15(8-12-19)20(2)16(21)17(9-10-17)13-3-5-14(18)6-4-13/h3-6,15H,7-12,18H2,1-2H3. The number of nitrogens with two attached hydrogens (primary N) is 1. The molecule has 1 saturated carbocycles. The van der Waals surface area contributed by atoms with Crippen molar-refractivity contribution in [1.82, 2.24) is 9.80 Å². The van der Waals surface area contributed by atoms with Crippen LogP contribution in [0.2, 0.25) is 0 Å². The molecule has 0 unspecified atom stereocenters. The molecule has 1 heterocycles. The van der Waals surface area contributed by atoms with E-state index in [-0.39, 0.29) is 5.41 Å². The number of likely N-dealkylation sites (N-methyl/N-ethyl adjacent to an activating group) is 1. The zero-order valence-corrected chi connectivity index (χ0v) is 13.0. The summed E-state index contributed by atoms with van der Waals surface area (Å²) in [7, 11) is 4.13. The molecular weight excluding hydrogens is 262 g/mol. The lowest BCUT2D eigenvalue weighted by Crippen LogP contribution is -2.47. The van der Waals surface area contributed by atoms with Crippen molar-refractivity contribution in [2.45, 2.75) is 37.1 Å². The zero-order valence-electron chi connectivity index (χ0n) is 13.0. The van der Waals surface area contributed by atoms with Crippen LogP contribution in [0.5, 0.6) is 0 Å². The first-order chi connectivity index (χ1) is 10.0. The molecule has 1 aromatic rings. The second-order valence-corrected chi connectivity index (χ2v) is 6.65. The third-order valence-electron chi connectivity index (χ3n) is 5.18. The maximum absolute atomic E-state index is 13.0. The van der Waals surface area contributed by atoms with Crippen LogP contribution in [0, 0.1) is 0 Å². The van der Waals surface area contributed by atoms with E-state index >= 15 is 0 Å². The summed E-state index contributed by atoms with van der Waals surface area (Å²) in [4.78, 5) is 17.3. The number of carbonyl (C=O) groups is 1. The summed E-state index contributed by atoms with van der Waals surface area (Å²) in [6.07, 6.45) is 4.09. The van der Waals surface area contributed by atoms with Crippen LogP contribution in [0.15, 0.2) is 24.3 Å². The van der Waals surface area contributed by atoms with Gasteiger partial charge < -0.3 is 15.5 Å². The number of benzene rings is 1. The van der Waals surface area contributed by atoms with Gasteiger partial charge in [0.2, 0.25) is 5.91 Å². The number of rotatable bonds is 3. The highest BCUT2D eigenvalue weighted by Crippen LogP contribution is 2.50. The van der Waals surface area contributed by atoms with Crippen molar-refractivity contribution in [2.75, 3.05) is 32.9 Å². The number of nitrogen functional groups attached to an aromatic ring is 1. The van der Waals surface area contributed by atoms with Gasteiger partial charge in [-0.3, -0.25) is 4.79 Å². The molecule has 0 atom stereocenters. The second kappa shape index (κ2) is 5.34. The van der Waals surface area contributed by atoms with Gasteiger partial charge in [0, 0.05) is 18.8 Å². The monoisotopic (exact) mass is 287 g/mol. The molecule has 21 heavy (non-hydrogen) atoms. The van der Waals surface area contributed by atoms with E-state index < -0.39 is 0 Å². The normalized spacial score (nSPS) is 22.0. The number of likely N-dealkylation sites (tertiary alicyclic amines) is 1. The highest BCUT2D eigenvalue weighted by molar-refractivity contribution is 5.91. The van der Waals surface area contributed by atoms with Crippen LogP contribution in [0.4, 0.5) is 5.69 Å². The minimum absolute atomic E-state index is 0.272. The number of carbonyl (C=O) groups excluding carboxylic acids is 1. The molecule has 1 aliphatic heterocycles. The Morgan fingerprint density at radius 1 is 1.24 bits per heavy atom. The molecule has 2 aliphatic rings. The molecule has 0 bridgehead atoms. The Hall–Kier alpha value is -1.55. The minimum atomic E-state index is -0.272. The lowest BCUT2D eigenvalue weighted by molar-refractivity contribution is -0.135. The van der Waals surface area contributed by atoms with Crippen molar-refractivity contribution in [1.29, 1.82) is 0 Å². The van der Waals surface area contributed by atoms with Gasteiger partial charge in [-0.05, 0) is 63.5 Å². The summed E-state index contributed by atoms with van der Waals surface area (Å²) in [5.74, 6) is 0.293. The molecule has 1 aromatic carbocycles. The summed E-state index contributed by atoms with van der Waals surface area (Å²) in [6, 6.07) is 8.22. The first kappa shape index (κ1) is 14.4. The van der Waals surface area contributed by atoms with E-state index in [4.69, 9.17) is 5.73 Å². The molecule has 0 spiro atoms. The number of amides is 1. The van der Waals surface area contributed by atoms with Crippen molar-refractivity contribution in [2.24, 2.45) is 0 Å². The Morgan fingerprint density at radius 3 is 2.33 bits per heavy atom. The van der Waals surface area contributed by atoms with Crippen molar-refractivity contribution in [3.05, 3.63) is 29.8 Å². The maximum atomic E-state index is 13.0. The lowest BCUT2D eigenvalue weighted by atomic mass is 9.92. The fourth-order valence-electron chi connectivity index (χ4n) is 3.44. The van der Waals surface area contributed by atoms with E-state index in [1.54, 1.807) is 0 Å². The van der Waals surface area contributed by atoms with Crippen LogP contribution in [-0.2, 0) is 10.2 Å². The number of anilines is 1. The van der Waals surface area contributed by atoms with E-state index in [9.17, 15) is 4.79 Å². The summed E-state index contributed by atoms with van der Waals surface area (Å²) < 4.78 is 0. The molecule has 4 heteroatoms. The van der Waals surface area contributed by atoms with Crippen LogP contribution < -0.4 is 5.73 Å². The van der Waals surface area contributed by atoms with Crippen LogP contribution in [0.3, 0.4) is 0 Å². The van der Waals surface area contributed by atoms with Gasteiger partial charge in [-0.15, -0.1) is 0 Å². The molecule has 3 rings (SSSR count). The van der Waals surface area contributed by atoms with Crippen LogP contribution in [-0.4, -0.2) is 48.9 Å². The predicted octanol–water partition coefficient (Wildman–Crippen LogP) is 1.85. The molecule has 2 N–H and O–H groups in total. The van der Waals surface area contributed by atoms with Crippen molar-refractivity contribution < 1.29 is 4.79 Å². The van der Waals surface area contributed by atoms with Crippen molar-refractivity contribution >= 4 is 11.6 Å². The highest BCUT2D eigenvalue weighted by atomic mass is 16.2. The van der Waals surface area contributed by atoms with Crippen molar-refractivity contribution in [3.63, 3.8) is 0 Å². The Bertz CT molecular complexity index is 513. The minimum Gasteiger partial charge on any atom is -0.399 e. The molecule has 2 fully saturated rings. The second-order valence-electron chi connectivity index (χ2n) is 6.65. The van der Waals surface area contributed by atoms with E-state index in [1.807, 2.05) is 36.2 Å². The summed E-state index contributed by atoms with van der Waals surface area (Å²) in [5.41, 5.74) is 7.37. The molecule has 114 valence electrons. The van der Waals surface area contributed by atoms with Gasteiger partial charge >= 0.3 is 0 Å². The molecule has 1 aliphatic carbocycles. The first-order valence-corrected chi connectivity index (χ1v) is 7.85. The first-order valence-electron chi connectivity index (χ1n) is 7.85. The van der Waals surface area contributed by atoms with E-state index in [0.29, 0.717) is 11.9 Å². The van der Waals surface area contributed by atoms with E-state index in [2.05, 4.69) is 11.9 Å². The zero-order chi connectivity index (χ0) is 15.0. The van der Waals surface area contributed by atoms with Crippen molar-refractivity contribution in [3.8, 4) is 0 Å². The van der Waals surface area contributed by atoms with Gasteiger partial charge in [-0.2, -0.15) is 0 Å². The smallest absolute Gasteiger partial charge is 0.233 e. The third kappa shape index (κ3) is 2.64. The Kier molecular flexibility index (Phi) is 3.66. The van der Waals surface area contributed by atoms with Gasteiger partial charge in [0.25, 0.3) is 0 Å². The van der Waals surface area contributed by atoms with E-state index in [1.165, 1.54) is 0 Å². The van der Waals surface area contributed by atoms with Gasteiger partial charge in [0.15, 0.2) is 0 Å². The number of nitrogens with zero attached hydrogens (tertiary/aromatic N) is 2. The van der Waals surface area contributed by atoms with Crippen LogP contribution >= 0.6 is 0 Å². The topological polar surface area (TPSA) is 49.6 Å². The summed E-state index contributed by atoms with van der Waals surface area (Å²) >= 11 is 0. The number of hydrogen-bond donors (Lipinski definition) is 1. The average Bonchev–Trinajstić information content (AvgIpc) is 3.29. The Labute approximate surface area is 126 Å². The number of hydrogen-bond acceptors (Lipinski definition) is 3. The quantitative estimate of drug-likeness (QED) is 0.863. The fourth-order valence-corrected chi connectivity index (χ4v) is 3.44. The summed E-state index contributed by atoms with van der Waals surface area (Å²) in [6.45, 7) is 2.16. The SMILES string of the molecule is CN1CCC(N(C)C(=O)C2(c3ccc(N)cc3)CC2)CC1. The average molecular weight is 287 g/mol. The molecule has 0 radical (unpaired) electrons. The van der Waals surface area contributed by atoms with Gasteiger partial charge in [0.05, 0.1) is 5.41 Å². The predicted molar refractivity (Wildman–Crippen MR) is 85.1 cm³/mol. The third-order valence-corrected chi connectivity index (χ3v) is 5.18. The molecule has 4 nitrogen and oxygen atoms in total. The van der Waals surface area contributed by atoms with Gasteiger partial charge in [-0.25, -0.2) is 0 Å². The largest absolute Gasteiger partial charge is 0.399 e.